The Labute approximate surface area is 175 Å². The second-order valence-corrected chi connectivity index (χ2v) is 6.98. The number of amides is 1. The van der Waals surface area contributed by atoms with Gasteiger partial charge in [-0.15, -0.1) is 0 Å². The highest BCUT2D eigenvalue weighted by Crippen LogP contribution is 2.28. The monoisotopic (exact) mass is 432 g/mol. The van der Waals surface area contributed by atoms with Crippen molar-refractivity contribution in [2.24, 2.45) is 0 Å². The topological polar surface area (TPSA) is 76.4 Å². The van der Waals surface area contributed by atoms with Crippen LogP contribution in [0.4, 0.5) is 19.0 Å². The zero-order chi connectivity index (χ0) is 22.1. The van der Waals surface area contributed by atoms with Crippen molar-refractivity contribution in [3.05, 3.63) is 59.4 Å². The summed E-state index contributed by atoms with van der Waals surface area (Å²) < 4.78 is 48.1. The first kappa shape index (κ1) is 20.6. The summed E-state index contributed by atoms with van der Waals surface area (Å²) in [6.07, 6.45) is 3.23. The van der Waals surface area contributed by atoms with Gasteiger partial charge in [-0.25, -0.2) is 23.4 Å². The van der Waals surface area contributed by atoms with E-state index in [9.17, 15) is 18.0 Å². The largest absolute Gasteiger partial charge is 0.491 e. The summed E-state index contributed by atoms with van der Waals surface area (Å²) in [6, 6.07) is 4.20. The summed E-state index contributed by atoms with van der Waals surface area (Å²) in [5, 5.41) is 4.32. The van der Waals surface area contributed by atoms with Crippen LogP contribution in [-0.2, 0) is 0 Å². The van der Waals surface area contributed by atoms with E-state index in [-0.39, 0.29) is 13.1 Å². The van der Waals surface area contributed by atoms with E-state index in [1.807, 2.05) is 17.9 Å². The number of halogens is 3. The minimum atomic E-state index is -1.46. The number of piperazine rings is 1. The molecule has 0 aliphatic carbocycles. The summed E-state index contributed by atoms with van der Waals surface area (Å²) in [4.78, 5) is 24.6. The van der Waals surface area contributed by atoms with E-state index in [4.69, 9.17) is 0 Å². The second kappa shape index (κ2) is 8.25. The normalized spacial score (nSPS) is 14.1. The summed E-state index contributed by atoms with van der Waals surface area (Å²) in [5.74, 6) is -4.41. The quantitative estimate of drug-likeness (QED) is 0.590. The molecule has 8 nitrogen and oxygen atoms in total. The van der Waals surface area contributed by atoms with Gasteiger partial charge in [0.2, 0.25) is 5.82 Å². The van der Waals surface area contributed by atoms with Gasteiger partial charge in [-0.2, -0.15) is 9.49 Å². The third-order valence-electron chi connectivity index (χ3n) is 5.04. The van der Waals surface area contributed by atoms with Crippen LogP contribution in [0.3, 0.4) is 0 Å². The Hall–Kier alpha value is -3.63. The summed E-state index contributed by atoms with van der Waals surface area (Å²) in [6.45, 7) is 3.21. The maximum atomic E-state index is 14.5. The number of nitrogens with zero attached hydrogens (tertiary/aromatic N) is 6. The van der Waals surface area contributed by atoms with Gasteiger partial charge in [0.1, 0.15) is 12.1 Å². The van der Waals surface area contributed by atoms with Crippen molar-refractivity contribution in [1.82, 2.24) is 24.6 Å². The third kappa shape index (κ3) is 3.90. The molecule has 0 N–H and O–H groups in total. The number of hydrogen-bond acceptors (Lipinski definition) is 6. The Morgan fingerprint density at radius 2 is 1.74 bits per heavy atom. The summed E-state index contributed by atoms with van der Waals surface area (Å²) in [7, 11) is 1.01. The molecule has 1 saturated heterocycles. The second-order valence-electron chi connectivity index (χ2n) is 6.98. The third-order valence-corrected chi connectivity index (χ3v) is 5.04. The van der Waals surface area contributed by atoms with Crippen LogP contribution in [0.2, 0.25) is 0 Å². The predicted molar refractivity (Wildman–Crippen MR) is 105 cm³/mol. The van der Waals surface area contributed by atoms with Crippen molar-refractivity contribution in [2.75, 3.05) is 38.2 Å². The van der Waals surface area contributed by atoms with Crippen LogP contribution in [0.1, 0.15) is 16.1 Å². The number of benzene rings is 1. The van der Waals surface area contributed by atoms with Crippen molar-refractivity contribution in [3.63, 3.8) is 0 Å². The molecule has 2 aromatic heterocycles. The molecule has 4 rings (SSSR count). The molecule has 3 aromatic rings. The number of hydrogen-bond donors (Lipinski definition) is 0. The van der Waals surface area contributed by atoms with E-state index in [1.54, 1.807) is 16.9 Å². The van der Waals surface area contributed by atoms with Crippen LogP contribution in [0.15, 0.2) is 30.7 Å². The molecule has 0 atom stereocenters. The molecular weight excluding hydrogens is 413 g/mol. The smallest absolute Gasteiger partial charge is 0.257 e. The first-order valence-electron chi connectivity index (χ1n) is 9.49. The van der Waals surface area contributed by atoms with Gasteiger partial charge in [-0.1, -0.05) is 0 Å². The van der Waals surface area contributed by atoms with Gasteiger partial charge in [0.15, 0.2) is 23.2 Å². The Bertz CT molecular complexity index is 1130. The maximum absolute atomic E-state index is 14.5. The zero-order valence-corrected chi connectivity index (χ0v) is 16.8. The SMILES string of the molecule is COc1c(F)c(F)cc(C(=O)N2CCN(c3cc(-n4ccc(C)n4)ncn3)CC2)c1F. The number of ether oxygens (including phenoxy) is 1. The lowest BCUT2D eigenvalue weighted by molar-refractivity contribution is 0.0740. The zero-order valence-electron chi connectivity index (χ0n) is 16.8. The number of rotatable bonds is 4. The van der Waals surface area contributed by atoms with Gasteiger partial charge >= 0.3 is 0 Å². The fourth-order valence-electron chi connectivity index (χ4n) is 3.40. The molecule has 1 aliphatic rings. The van der Waals surface area contributed by atoms with E-state index in [0.717, 1.165) is 12.8 Å². The molecule has 1 aliphatic heterocycles. The van der Waals surface area contributed by atoms with Gasteiger partial charge in [0, 0.05) is 38.4 Å². The molecule has 1 fully saturated rings. The fraction of sp³-hybridized carbons (Fsp3) is 0.300. The van der Waals surface area contributed by atoms with E-state index in [0.29, 0.717) is 30.8 Å². The van der Waals surface area contributed by atoms with Crippen molar-refractivity contribution in [2.45, 2.75) is 6.92 Å². The molecular formula is C20H19F3N6O2. The molecule has 11 heteroatoms. The lowest BCUT2D eigenvalue weighted by Gasteiger charge is -2.35. The van der Waals surface area contributed by atoms with Crippen LogP contribution >= 0.6 is 0 Å². The van der Waals surface area contributed by atoms with E-state index >= 15 is 0 Å². The average molecular weight is 432 g/mol. The minimum absolute atomic E-state index is 0.250. The lowest BCUT2D eigenvalue weighted by Crippen LogP contribution is -2.49. The van der Waals surface area contributed by atoms with Crippen LogP contribution in [-0.4, -0.2) is 63.8 Å². The van der Waals surface area contributed by atoms with E-state index in [1.165, 1.54) is 11.2 Å². The average Bonchev–Trinajstić information content (AvgIpc) is 3.23. The number of carbonyl (C=O) groups is 1. The highest BCUT2D eigenvalue weighted by atomic mass is 19.2. The highest BCUT2D eigenvalue weighted by Gasteiger charge is 2.29. The van der Waals surface area contributed by atoms with Crippen LogP contribution < -0.4 is 9.64 Å². The van der Waals surface area contributed by atoms with E-state index < -0.39 is 34.7 Å². The van der Waals surface area contributed by atoms with Gasteiger partial charge in [-0.05, 0) is 19.1 Å². The Kier molecular flexibility index (Phi) is 5.49. The Morgan fingerprint density at radius 1 is 1.03 bits per heavy atom. The number of carbonyl (C=O) groups excluding carboxylic acids is 1. The van der Waals surface area contributed by atoms with Crippen molar-refractivity contribution >= 4 is 11.7 Å². The molecule has 0 radical (unpaired) electrons. The van der Waals surface area contributed by atoms with Crippen LogP contribution in [0.25, 0.3) is 5.82 Å². The van der Waals surface area contributed by atoms with Gasteiger partial charge in [0.05, 0.1) is 18.4 Å². The molecule has 162 valence electrons. The molecule has 0 bridgehead atoms. The predicted octanol–water partition coefficient (Wildman–Crippen LogP) is 2.36. The number of methoxy groups -OCH3 is 1. The number of aromatic nitrogens is 4. The van der Waals surface area contributed by atoms with Crippen molar-refractivity contribution in [3.8, 4) is 11.6 Å². The van der Waals surface area contributed by atoms with Crippen molar-refractivity contribution < 1.29 is 22.7 Å². The number of anilines is 1. The molecule has 0 saturated carbocycles. The summed E-state index contributed by atoms with van der Waals surface area (Å²) >= 11 is 0. The van der Waals surface area contributed by atoms with E-state index in [2.05, 4.69) is 19.8 Å². The maximum Gasteiger partial charge on any atom is 0.257 e. The highest BCUT2D eigenvalue weighted by molar-refractivity contribution is 5.95. The van der Waals surface area contributed by atoms with Gasteiger partial charge < -0.3 is 14.5 Å². The Morgan fingerprint density at radius 3 is 2.39 bits per heavy atom. The molecule has 1 aromatic carbocycles. The fourth-order valence-corrected chi connectivity index (χ4v) is 3.40. The minimum Gasteiger partial charge on any atom is -0.491 e. The molecule has 3 heterocycles. The molecule has 0 spiro atoms. The molecule has 0 unspecified atom stereocenters. The summed E-state index contributed by atoms with van der Waals surface area (Å²) in [5.41, 5.74) is 0.288. The Balaban J connectivity index is 1.48. The van der Waals surface area contributed by atoms with Crippen LogP contribution in [0, 0.1) is 24.4 Å². The van der Waals surface area contributed by atoms with Crippen molar-refractivity contribution in [1.29, 1.82) is 0 Å². The van der Waals surface area contributed by atoms with Gasteiger partial charge in [-0.3, -0.25) is 4.79 Å². The lowest BCUT2D eigenvalue weighted by atomic mass is 10.1. The first-order chi connectivity index (χ1) is 14.9. The molecule has 1 amide bonds. The first-order valence-corrected chi connectivity index (χ1v) is 9.49. The molecule has 31 heavy (non-hydrogen) atoms. The number of aryl methyl sites for hydroxylation is 1. The van der Waals surface area contributed by atoms with Gasteiger partial charge in [0.25, 0.3) is 5.91 Å². The van der Waals surface area contributed by atoms with Crippen LogP contribution in [0.5, 0.6) is 5.75 Å². The standard InChI is InChI=1S/C20H19F3N6O2/c1-12-3-4-29(26-12)16-10-15(24-11-25-16)27-5-7-28(8-6-27)20(30)13-9-14(21)18(23)19(31-2)17(13)22/h3-4,9-11H,5-8H2,1-2H3.